The monoisotopic (exact) mass is 286 g/mol. The predicted octanol–water partition coefficient (Wildman–Crippen LogP) is 2.36. The molecule has 1 N–H and O–H groups in total. The number of amides is 1. The fraction of sp³-hybridized carbons (Fsp3) is 0.462. The van der Waals surface area contributed by atoms with Gasteiger partial charge in [-0.2, -0.15) is 0 Å². The third-order valence-corrected chi connectivity index (χ3v) is 3.81. The minimum Gasteiger partial charge on any atom is -0.344 e. The summed E-state index contributed by atoms with van der Waals surface area (Å²) in [4.78, 5) is 13.4. The molecule has 1 amide bonds. The Hall–Kier alpha value is -0.770. The van der Waals surface area contributed by atoms with Crippen molar-refractivity contribution in [2.24, 2.45) is 0 Å². The summed E-state index contributed by atoms with van der Waals surface area (Å²) in [6.07, 6.45) is 1.67. The molecule has 2 rings (SSSR count). The second-order valence-electron chi connectivity index (χ2n) is 4.54. The molecule has 1 heterocycles. The van der Waals surface area contributed by atoms with Crippen LogP contribution in [-0.2, 0) is 11.2 Å². The number of rotatable bonds is 4. The van der Waals surface area contributed by atoms with Crippen molar-refractivity contribution in [3.05, 3.63) is 33.8 Å². The van der Waals surface area contributed by atoms with E-state index < -0.39 is 0 Å². The van der Waals surface area contributed by atoms with Gasteiger partial charge >= 0.3 is 0 Å². The molecular weight excluding hydrogens is 271 g/mol. The maximum absolute atomic E-state index is 11.7. The zero-order valence-electron chi connectivity index (χ0n) is 10.2. The van der Waals surface area contributed by atoms with Crippen LogP contribution >= 0.6 is 23.2 Å². The standard InChI is InChI=1S/C13H16Cl2N2O/c1-17-7-5-12(13(17)18)16-6-4-9-2-3-10(14)8-11(9)15/h2-3,8,12,16H,4-7H2,1H3. The first-order chi connectivity index (χ1) is 8.58. The molecule has 1 saturated heterocycles. The number of benzene rings is 1. The van der Waals surface area contributed by atoms with Gasteiger partial charge in [-0.25, -0.2) is 0 Å². The number of hydrogen-bond donors (Lipinski definition) is 1. The number of likely N-dealkylation sites (N-methyl/N-ethyl adjacent to an activating group) is 1. The third kappa shape index (κ3) is 3.16. The molecule has 1 aliphatic rings. The Morgan fingerprint density at radius 2 is 2.22 bits per heavy atom. The Kier molecular flexibility index (Phi) is 4.49. The van der Waals surface area contributed by atoms with E-state index in [2.05, 4.69) is 5.32 Å². The van der Waals surface area contributed by atoms with E-state index in [1.54, 1.807) is 11.0 Å². The van der Waals surface area contributed by atoms with Crippen molar-refractivity contribution in [1.82, 2.24) is 10.2 Å². The average molecular weight is 287 g/mol. The summed E-state index contributed by atoms with van der Waals surface area (Å²) >= 11 is 11.9. The lowest BCUT2D eigenvalue weighted by Gasteiger charge is -2.12. The molecule has 1 aromatic rings. The first-order valence-corrected chi connectivity index (χ1v) is 6.76. The number of nitrogens with one attached hydrogen (secondary N) is 1. The predicted molar refractivity (Wildman–Crippen MR) is 74.2 cm³/mol. The Bertz CT molecular complexity index is 451. The summed E-state index contributed by atoms with van der Waals surface area (Å²) < 4.78 is 0. The van der Waals surface area contributed by atoms with Crippen LogP contribution in [0.25, 0.3) is 0 Å². The Labute approximate surface area is 117 Å². The Balaban J connectivity index is 1.84. The van der Waals surface area contributed by atoms with Crippen LogP contribution in [0.5, 0.6) is 0 Å². The van der Waals surface area contributed by atoms with Crippen LogP contribution in [-0.4, -0.2) is 37.0 Å². The fourth-order valence-corrected chi connectivity index (χ4v) is 2.62. The first kappa shape index (κ1) is 13.7. The van der Waals surface area contributed by atoms with E-state index in [1.165, 1.54) is 0 Å². The summed E-state index contributed by atoms with van der Waals surface area (Å²) in [7, 11) is 1.83. The largest absolute Gasteiger partial charge is 0.344 e. The highest BCUT2D eigenvalue weighted by Crippen LogP contribution is 2.21. The van der Waals surface area contributed by atoms with E-state index in [0.717, 1.165) is 31.5 Å². The molecule has 1 aliphatic heterocycles. The molecule has 0 aromatic heterocycles. The van der Waals surface area contributed by atoms with E-state index in [1.807, 2.05) is 19.2 Å². The van der Waals surface area contributed by atoms with Crippen LogP contribution < -0.4 is 5.32 Å². The van der Waals surface area contributed by atoms with Gasteiger partial charge in [-0.1, -0.05) is 29.3 Å². The van der Waals surface area contributed by atoms with Crippen molar-refractivity contribution in [3.63, 3.8) is 0 Å². The lowest BCUT2D eigenvalue weighted by atomic mass is 10.1. The number of likely N-dealkylation sites (tertiary alicyclic amines) is 1. The van der Waals surface area contributed by atoms with Crippen molar-refractivity contribution in [2.45, 2.75) is 18.9 Å². The Morgan fingerprint density at radius 1 is 1.44 bits per heavy atom. The minimum atomic E-state index is -0.0407. The fourth-order valence-electron chi connectivity index (χ4n) is 2.12. The zero-order chi connectivity index (χ0) is 13.1. The maximum Gasteiger partial charge on any atom is 0.239 e. The number of carbonyl (C=O) groups is 1. The van der Waals surface area contributed by atoms with Crippen LogP contribution in [0.3, 0.4) is 0 Å². The highest BCUT2D eigenvalue weighted by molar-refractivity contribution is 6.35. The van der Waals surface area contributed by atoms with Gasteiger partial charge < -0.3 is 10.2 Å². The molecule has 1 atom stereocenters. The normalized spacial score (nSPS) is 19.6. The molecule has 1 aromatic carbocycles. The van der Waals surface area contributed by atoms with Crippen LogP contribution in [0.1, 0.15) is 12.0 Å². The highest BCUT2D eigenvalue weighted by Gasteiger charge is 2.27. The molecule has 5 heteroatoms. The molecule has 0 aliphatic carbocycles. The van der Waals surface area contributed by atoms with Crippen LogP contribution in [0.4, 0.5) is 0 Å². The maximum atomic E-state index is 11.7. The van der Waals surface area contributed by atoms with E-state index in [9.17, 15) is 4.79 Å². The second kappa shape index (κ2) is 5.91. The highest BCUT2D eigenvalue weighted by atomic mass is 35.5. The molecule has 1 fully saturated rings. The van der Waals surface area contributed by atoms with E-state index >= 15 is 0 Å². The second-order valence-corrected chi connectivity index (χ2v) is 5.38. The molecule has 98 valence electrons. The smallest absolute Gasteiger partial charge is 0.239 e. The molecule has 0 bridgehead atoms. The van der Waals surface area contributed by atoms with Crippen LogP contribution in [0.2, 0.25) is 10.0 Å². The van der Waals surface area contributed by atoms with Gasteiger partial charge in [0.05, 0.1) is 6.04 Å². The lowest BCUT2D eigenvalue weighted by Crippen LogP contribution is -2.37. The average Bonchev–Trinajstić information content (AvgIpc) is 2.64. The lowest BCUT2D eigenvalue weighted by molar-refractivity contribution is -0.128. The molecule has 0 saturated carbocycles. The number of nitrogens with zero attached hydrogens (tertiary/aromatic N) is 1. The molecule has 3 nitrogen and oxygen atoms in total. The van der Waals surface area contributed by atoms with Gasteiger partial charge in [0, 0.05) is 23.6 Å². The molecule has 1 unspecified atom stereocenters. The molecule has 0 spiro atoms. The van der Waals surface area contributed by atoms with Gasteiger partial charge in [0.25, 0.3) is 0 Å². The van der Waals surface area contributed by atoms with Crippen molar-refractivity contribution < 1.29 is 4.79 Å². The van der Waals surface area contributed by atoms with E-state index in [0.29, 0.717) is 10.0 Å². The molecular formula is C13H16Cl2N2O. The SMILES string of the molecule is CN1CCC(NCCc2ccc(Cl)cc2Cl)C1=O. The van der Waals surface area contributed by atoms with Gasteiger partial charge in [-0.15, -0.1) is 0 Å². The van der Waals surface area contributed by atoms with Gasteiger partial charge in [0.1, 0.15) is 0 Å². The van der Waals surface area contributed by atoms with Crippen molar-refractivity contribution in [3.8, 4) is 0 Å². The first-order valence-electron chi connectivity index (χ1n) is 6.00. The van der Waals surface area contributed by atoms with E-state index in [4.69, 9.17) is 23.2 Å². The minimum absolute atomic E-state index is 0.0407. The summed E-state index contributed by atoms with van der Waals surface area (Å²) in [5.74, 6) is 0.178. The van der Waals surface area contributed by atoms with Crippen LogP contribution in [0.15, 0.2) is 18.2 Å². The number of hydrogen-bond acceptors (Lipinski definition) is 2. The zero-order valence-corrected chi connectivity index (χ0v) is 11.8. The number of carbonyl (C=O) groups excluding carboxylic acids is 1. The van der Waals surface area contributed by atoms with Crippen molar-refractivity contribution >= 4 is 29.1 Å². The number of halogens is 2. The van der Waals surface area contributed by atoms with E-state index in [-0.39, 0.29) is 11.9 Å². The summed E-state index contributed by atoms with van der Waals surface area (Å²) in [5, 5.41) is 4.59. The summed E-state index contributed by atoms with van der Waals surface area (Å²) in [6, 6.07) is 5.46. The third-order valence-electron chi connectivity index (χ3n) is 3.23. The summed E-state index contributed by atoms with van der Waals surface area (Å²) in [5.41, 5.74) is 1.05. The quantitative estimate of drug-likeness (QED) is 0.922. The Morgan fingerprint density at radius 3 is 2.83 bits per heavy atom. The van der Waals surface area contributed by atoms with Gasteiger partial charge in [0.15, 0.2) is 0 Å². The van der Waals surface area contributed by atoms with Crippen molar-refractivity contribution in [1.29, 1.82) is 0 Å². The van der Waals surface area contributed by atoms with Gasteiger partial charge in [-0.05, 0) is 37.1 Å². The van der Waals surface area contributed by atoms with Gasteiger partial charge in [0.2, 0.25) is 5.91 Å². The summed E-state index contributed by atoms with van der Waals surface area (Å²) in [6.45, 7) is 1.57. The van der Waals surface area contributed by atoms with Crippen molar-refractivity contribution in [2.75, 3.05) is 20.1 Å². The molecule has 18 heavy (non-hydrogen) atoms. The molecule has 0 radical (unpaired) electrons. The van der Waals surface area contributed by atoms with Gasteiger partial charge in [-0.3, -0.25) is 4.79 Å². The topological polar surface area (TPSA) is 32.3 Å². The van der Waals surface area contributed by atoms with Crippen LogP contribution in [0, 0.1) is 0 Å².